The van der Waals surface area contributed by atoms with Crippen LogP contribution in [0.4, 0.5) is 5.69 Å². The minimum absolute atomic E-state index is 0.116. The van der Waals surface area contributed by atoms with Gasteiger partial charge in [-0.1, -0.05) is 78.4 Å². The van der Waals surface area contributed by atoms with Crippen molar-refractivity contribution >= 4 is 23.6 Å². The Hall–Kier alpha value is -4.45. The van der Waals surface area contributed by atoms with Crippen molar-refractivity contribution in [3.63, 3.8) is 0 Å². The van der Waals surface area contributed by atoms with E-state index in [2.05, 4.69) is 22.8 Å². The Morgan fingerprint density at radius 1 is 0.917 bits per heavy atom. The first-order chi connectivity index (χ1) is 17.4. The fraction of sp³-hybridized carbons (Fsp3) is 0.167. The van der Waals surface area contributed by atoms with E-state index in [4.69, 9.17) is 5.10 Å². The molecule has 0 radical (unpaired) electrons. The van der Waals surface area contributed by atoms with Crippen molar-refractivity contribution in [2.75, 3.05) is 11.9 Å². The lowest BCUT2D eigenvalue weighted by Crippen LogP contribution is -2.32. The molecule has 1 aromatic heterocycles. The zero-order chi connectivity index (χ0) is 25.5. The molecule has 36 heavy (non-hydrogen) atoms. The predicted octanol–water partition coefficient (Wildman–Crippen LogP) is 5.29. The van der Waals surface area contributed by atoms with Gasteiger partial charge in [0, 0.05) is 29.1 Å². The van der Waals surface area contributed by atoms with Crippen molar-refractivity contribution in [1.82, 2.24) is 15.1 Å². The third kappa shape index (κ3) is 6.36. The summed E-state index contributed by atoms with van der Waals surface area (Å²) in [5.74, 6) is -0.621. The Morgan fingerprint density at radius 3 is 2.22 bits per heavy atom. The number of nitrogens with zero attached hydrogens (tertiary/aromatic N) is 2. The fourth-order valence-corrected chi connectivity index (χ4v) is 4.18. The number of amides is 2. The molecule has 0 unspecified atom stereocenters. The molecule has 3 aromatic carbocycles. The maximum atomic E-state index is 12.5. The van der Waals surface area contributed by atoms with E-state index in [1.54, 1.807) is 6.08 Å². The highest BCUT2D eigenvalue weighted by Crippen LogP contribution is 2.24. The van der Waals surface area contributed by atoms with Crippen LogP contribution in [0.1, 0.15) is 27.8 Å². The highest BCUT2D eigenvalue weighted by molar-refractivity contribution is 5.99. The molecular weight excluding hydrogens is 448 g/mol. The van der Waals surface area contributed by atoms with Crippen LogP contribution in [0, 0.1) is 20.8 Å². The second-order valence-corrected chi connectivity index (χ2v) is 8.86. The van der Waals surface area contributed by atoms with Gasteiger partial charge in [0.05, 0.1) is 18.8 Å². The normalized spacial score (nSPS) is 11.0. The van der Waals surface area contributed by atoms with Gasteiger partial charge in [-0.25, -0.2) is 0 Å². The third-order valence-corrected chi connectivity index (χ3v) is 5.80. The van der Waals surface area contributed by atoms with Gasteiger partial charge >= 0.3 is 0 Å². The molecule has 0 saturated carbocycles. The topological polar surface area (TPSA) is 76.0 Å². The number of nitrogens with one attached hydrogen (secondary N) is 2. The molecule has 0 spiro atoms. The van der Waals surface area contributed by atoms with E-state index in [0.29, 0.717) is 6.54 Å². The van der Waals surface area contributed by atoms with Crippen molar-refractivity contribution in [3.8, 4) is 11.3 Å². The summed E-state index contributed by atoms with van der Waals surface area (Å²) in [5.41, 5.74) is 7.63. The van der Waals surface area contributed by atoms with E-state index in [-0.39, 0.29) is 18.4 Å². The fourth-order valence-electron chi connectivity index (χ4n) is 4.18. The molecule has 0 aliphatic rings. The summed E-state index contributed by atoms with van der Waals surface area (Å²) in [6.45, 7) is 6.44. The number of carbonyl (C=O) groups is 2. The lowest BCUT2D eigenvalue weighted by atomic mass is 10.1. The molecule has 4 rings (SSSR count). The van der Waals surface area contributed by atoms with Crippen LogP contribution in [0.15, 0.2) is 85.1 Å². The standard InChI is InChI=1S/C30H30N4O2/c1-21-16-22(2)29(23(3)17-21)32-28(36)18-31-27(35)15-14-26-20-34(19-24-10-6-4-7-11-24)33-30(26)25-12-8-5-9-13-25/h4-17,20H,18-19H2,1-3H3,(H,31,35)(H,32,36)/b15-14+. The predicted molar refractivity (Wildman–Crippen MR) is 145 cm³/mol. The highest BCUT2D eigenvalue weighted by Gasteiger charge is 2.11. The second-order valence-electron chi connectivity index (χ2n) is 8.86. The van der Waals surface area contributed by atoms with Crippen LogP contribution in [-0.2, 0) is 16.1 Å². The average Bonchev–Trinajstić information content (AvgIpc) is 3.27. The van der Waals surface area contributed by atoms with Gasteiger partial charge in [0.1, 0.15) is 0 Å². The van der Waals surface area contributed by atoms with Crippen molar-refractivity contribution in [1.29, 1.82) is 0 Å². The maximum Gasteiger partial charge on any atom is 0.244 e. The minimum atomic E-state index is -0.350. The molecule has 6 heteroatoms. The van der Waals surface area contributed by atoms with E-state index in [9.17, 15) is 9.59 Å². The lowest BCUT2D eigenvalue weighted by Gasteiger charge is -2.13. The smallest absolute Gasteiger partial charge is 0.244 e. The Bertz CT molecular complexity index is 1370. The number of rotatable bonds is 8. The first kappa shape index (κ1) is 24.7. The van der Waals surface area contributed by atoms with E-state index in [0.717, 1.165) is 44.8 Å². The summed E-state index contributed by atoms with van der Waals surface area (Å²) in [6, 6.07) is 24.0. The SMILES string of the molecule is Cc1cc(C)c(NC(=O)CNC(=O)/C=C/c2cn(Cc3ccccc3)nc2-c2ccccc2)c(C)c1. The number of hydrogen-bond donors (Lipinski definition) is 2. The van der Waals surface area contributed by atoms with Gasteiger partial charge in [-0.15, -0.1) is 0 Å². The van der Waals surface area contributed by atoms with E-state index in [1.807, 2.05) is 92.3 Å². The monoisotopic (exact) mass is 478 g/mol. The van der Waals surface area contributed by atoms with Crippen LogP contribution < -0.4 is 10.6 Å². The van der Waals surface area contributed by atoms with Crippen molar-refractivity contribution < 1.29 is 9.59 Å². The third-order valence-electron chi connectivity index (χ3n) is 5.80. The van der Waals surface area contributed by atoms with Crippen LogP contribution in [-0.4, -0.2) is 28.1 Å². The van der Waals surface area contributed by atoms with Gasteiger partial charge in [0.15, 0.2) is 0 Å². The van der Waals surface area contributed by atoms with Crippen LogP contribution in [0.5, 0.6) is 0 Å². The minimum Gasteiger partial charge on any atom is -0.343 e. The van der Waals surface area contributed by atoms with Gasteiger partial charge in [-0.2, -0.15) is 5.10 Å². The van der Waals surface area contributed by atoms with E-state index < -0.39 is 0 Å². The summed E-state index contributed by atoms with van der Waals surface area (Å²) in [4.78, 5) is 24.9. The molecule has 0 fully saturated rings. The highest BCUT2D eigenvalue weighted by atomic mass is 16.2. The Labute approximate surface area is 211 Å². The van der Waals surface area contributed by atoms with Gasteiger partial charge in [0.25, 0.3) is 0 Å². The van der Waals surface area contributed by atoms with Gasteiger partial charge in [-0.3, -0.25) is 14.3 Å². The van der Waals surface area contributed by atoms with E-state index >= 15 is 0 Å². The summed E-state index contributed by atoms with van der Waals surface area (Å²) in [5, 5.41) is 10.3. The molecule has 0 saturated heterocycles. The van der Waals surface area contributed by atoms with Crippen LogP contribution in [0.3, 0.4) is 0 Å². The van der Waals surface area contributed by atoms with Crippen LogP contribution >= 0.6 is 0 Å². The van der Waals surface area contributed by atoms with Crippen LogP contribution in [0.25, 0.3) is 17.3 Å². The lowest BCUT2D eigenvalue weighted by molar-refractivity contribution is -0.121. The van der Waals surface area contributed by atoms with Gasteiger partial charge in [-0.05, 0) is 43.5 Å². The molecule has 2 N–H and O–H groups in total. The summed E-state index contributed by atoms with van der Waals surface area (Å²) < 4.78 is 1.87. The molecular formula is C30H30N4O2. The molecule has 6 nitrogen and oxygen atoms in total. The number of aromatic nitrogens is 2. The van der Waals surface area contributed by atoms with Crippen molar-refractivity contribution in [2.24, 2.45) is 0 Å². The largest absolute Gasteiger partial charge is 0.343 e. The number of hydrogen-bond acceptors (Lipinski definition) is 3. The first-order valence-corrected chi connectivity index (χ1v) is 11.9. The van der Waals surface area contributed by atoms with Crippen molar-refractivity contribution in [2.45, 2.75) is 27.3 Å². The summed E-state index contributed by atoms with van der Waals surface area (Å²) >= 11 is 0. The molecule has 0 aliphatic heterocycles. The summed E-state index contributed by atoms with van der Waals surface area (Å²) in [6.07, 6.45) is 5.10. The van der Waals surface area contributed by atoms with Crippen LogP contribution in [0.2, 0.25) is 0 Å². The summed E-state index contributed by atoms with van der Waals surface area (Å²) in [7, 11) is 0. The molecule has 182 valence electrons. The van der Waals surface area contributed by atoms with Crippen molar-refractivity contribution in [3.05, 3.63) is 113 Å². The molecule has 0 bridgehead atoms. The number of benzene rings is 3. The molecule has 0 atom stereocenters. The molecule has 1 heterocycles. The second kappa shape index (κ2) is 11.3. The molecule has 2 amide bonds. The van der Waals surface area contributed by atoms with Gasteiger partial charge in [0.2, 0.25) is 11.8 Å². The Morgan fingerprint density at radius 2 is 1.56 bits per heavy atom. The Kier molecular flexibility index (Phi) is 7.75. The zero-order valence-corrected chi connectivity index (χ0v) is 20.8. The molecule has 4 aromatic rings. The number of anilines is 1. The number of carbonyl (C=O) groups excluding carboxylic acids is 2. The maximum absolute atomic E-state index is 12.5. The van der Waals surface area contributed by atoms with Gasteiger partial charge < -0.3 is 10.6 Å². The molecule has 0 aliphatic carbocycles. The first-order valence-electron chi connectivity index (χ1n) is 11.9. The Balaban J connectivity index is 1.43. The van der Waals surface area contributed by atoms with E-state index in [1.165, 1.54) is 6.08 Å². The number of aryl methyl sites for hydroxylation is 3. The quantitative estimate of drug-likeness (QED) is 0.338. The zero-order valence-electron chi connectivity index (χ0n) is 20.8. The average molecular weight is 479 g/mol.